The summed E-state index contributed by atoms with van der Waals surface area (Å²) < 4.78 is 1.13. The highest BCUT2D eigenvalue weighted by Crippen LogP contribution is 2.28. The number of thiazole rings is 1. The molecule has 1 aromatic carbocycles. The van der Waals surface area contributed by atoms with Gasteiger partial charge < -0.3 is 4.90 Å². The number of quaternary nitrogens is 1. The fourth-order valence-electron chi connectivity index (χ4n) is 2.08. The molecule has 20 heavy (non-hydrogen) atoms. The van der Waals surface area contributed by atoms with E-state index in [1.807, 2.05) is 30.0 Å². The van der Waals surface area contributed by atoms with E-state index in [2.05, 4.69) is 25.1 Å². The summed E-state index contributed by atoms with van der Waals surface area (Å²) in [5.74, 6) is 0.151. The molecular formula is C15H22N3OS+. The molecule has 5 heteroatoms. The number of carbonyl (C=O) groups is 1. The minimum absolute atomic E-state index is 0.151. The Morgan fingerprint density at radius 2 is 2.10 bits per heavy atom. The number of para-hydroxylation sites is 1. The molecule has 2 rings (SSSR count). The first-order chi connectivity index (χ1) is 9.61. The highest BCUT2D eigenvalue weighted by atomic mass is 32.1. The van der Waals surface area contributed by atoms with Gasteiger partial charge >= 0.3 is 0 Å². The van der Waals surface area contributed by atoms with Crippen molar-refractivity contribution in [1.29, 1.82) is 0 Å². The number of fused-ring (bicyclic) bond motifs is 1. The van der Waals surface area contributed by atoms with E-state index in [0.717, 1.165) is 34.9 Å². The molecule has 0 spiro atoms. The predicted octanol–water partition coefficient (Wildman–Crippen LogP) is 1.57. The SMILES string of the molecule is CCC(=O)N(CCC[NH+](C)C)c1nc2ccccc2s1. The standard InChI is InChI=1S/C15H21N3OS/c1-4-14(19)18(11-7-10-17(2)3)15-16-12-8-5-6-9-13(12)20-15/h5-6,8-9H,4,7,10-11H2,1-3H3/p+1. The average molecular weight is 292 g/mol. The lowest BCUT2D eigenvalue weighted by atomic mass is 10.3. The van der Waals surface area contributed by atoms with Crippen molar-refractivity contribution in [2.45, 2.75) is 19.8 Å². The third-order valence-electron chi connectivity index (χ3n) is 3.18. The van der Waals surface area contributed by atoms with Crippen LogP contribution in [0, 0.1) is 0 Å². The quantitative estimate of drug-likeness (QED) is 0.877. The van der Waals surface area contributed by atoms with Gasteiger partial charge in [-0.1, -0.05) is 30.4 Å². The van der Waals surface area contributed by atoms with Crippen molar-refractivity contribution >= 4 is 32.6 Å². The van der Waals surface area contributed by atoms with Crippen LogP contribution in [0.3, 0.4) is 0 Å². The maximum absolute atomic E-state index is 12.2. The number of amides is 1. The number of hydrogen-bond acceptors (Lipinski definition) is 3. The van der Waals surface area contributed by atoms with Crippen molar-refractivity contribution in [3.05, 3.63) is 24.3 Å². The molecule has 0 bridgehead atoms. The second kappa shape index (κ2) is 6.81. The number of carbonyl (C=O) groups excluding carboxylic acids is 1. The molecule has 0 saturated heterocycles. The van der Waals surface area contributed by atoms with Gasteiger partial charge in [-0.15, -0.1) is 0 Å². The van der Waals surface area contributed by atoms with Crippen molar-refractivity contribution in [1.82, 2.24) is 4.98 Å². The highest BCUT2D eigenvalue weighted by molar-refractivity contribution is 7.22. The van der Waals surface area contributed by atoms with Gasteiger partial charge in [0, 0.05) is 19.4 Å². The second-order valence-electron chi connectivity index (χ2n) is 5.17. The third-order valence-corrected chi connectivity index (χ3v) is 4.23. The van der Waals surface area contributed by atoms with Crippen LogP contribution in [0.2, 0.25) is 0 Å². The Bertz CT molecular complexity index is 546. The van der Waals surface area contributed by atoms with Crippen LogP contribution in [0.4, 0.5) is 5.13 Å². The minimum Gasteiger partial charge on any atom is -0.340 e. The van der Waals surface area contributed by atoms with E-state index in [4.69, 9.17) is 0 Å². The van der Waals surface area contributed by atoms with E-state index in [0.29, 0.717) is 6.42 Å². The van der Waals surface area contributed by atoms with Gasteiger partial charge in [0.15, 0.2) is 5.13 Å². The fourth-order valence-corrected chi connectivity index (χ4v) is 3.09. The number of nitrogens with zero attached hydrogens (tertiary/aromatic N) is 2. The third kappa shape index (κ3) is 3.55. The first-order valence-corrected chi connectivity index (χ1v) is 7.88. The first-order valence-electron chi connectivity index (χ1n) is 7.06. The molecular weight excluding hydrogens is 270 g/mol. The summed E-state index contributed by atoms with van der Waals surface area (Å²) in [7, 11) is 4.26. The molecule has 4 nitrogen and oxygen atoms in total. The molecule has 2 aromatic rings. The molecule has 1 amide bonds. The number of hydrogen-bond donors (Lipinski definition) is 1. The minimum atomic E-state index is 0.151. The second-order valence-corrected chi connectivity index (χ2v) is 6.18. The largest absolute Gasteiger partial charge is 0.340 e. The average Bonchev–Trinajstić information content (AvgIpc) is 2.85. The summed E-state index contributed by atoms with van der Waals surface area (Å²) in [6, 6.07) is 8.03. The molecule has 1 heterocycles. The van der Waals surface area contributed by atoms with E-state index >= 15 is 0 Å². The van der Waals surface area contributed by atoms with Crippen LogP contribution >= 0.6 is 11.3 Å². The topological polar surface area (TPSA) is 37.6 Å². The van der Waals surface area contributed by atoms with Gasteiger partial charge in [-0.05, 0) is 12.1 Å². The lowest BCUT2D eigenvalue weighted by molar-refractivity contribution is -0.858. The first kappa shape index (κ1) is 14.9. The van der Waals surface area contributed by atoms with E-state index in [1.165, 1.54) is 4.90 Å². The molecule has 0 radical (unpaired) electrons. The molecule has 1 N–H and O–H groups in total. The number of rotatable bonds is 6. The Morgan fingerprint density at radius 1 is 1.35 bits per heavy atom. The molecule has 0 fully saturated rings. The Morgan fingerprint density at radius 3 is 2.75 bits per heavy atom. The van der Waals surface area contributed by atoms with Gasteiger partial charge in [-0.3, -0.25) is 9.69 Å². The van der Waals surface area contributed by atoms with Gasteiger partial charge in [0.25, 0.3) is 0 Å². The Hall–Kier alpha value is -1.46. The molecule has 0 atom stereocenters. The van der Waals surface area contributed by atoms with E-state index < -0.39 is 0 Å². The van der Waals surface area contributed by atoms with Crippen molar-refractivity contribution in [2.75, 3.05) is 32.1 Å². The number of benzene rings is 1. The summed E-state index contributed by atoms with van der Waals surface area (Å²) in [5.41, 5.74) is 0.972. The van der Waals surface area contributed by atoms with Crippen LogP contribution < -0.4 is 9.80 Å². The monoisotopic (exact) mass is 292 g/mol. The molecule has 0 aliphatic rings. The summed E-state index contributed by atoms with van der Waals surface area (Å²) in [4.78, 5) is 20.0. The van der Waals surface area contributed by atoms with Crippen LogP contribution in [-0.4, -0.2) is 38.1 Å². The Balaban J connectivity index is 2.19. The van der Waals surface area contributed by atoms with Crippen LogP contribution in [0.5, 0.6) is 0 Å². The van der Waals surface area contributed by atoms with Crippen molar-refractivity contribution in [2.24, 2.45) is 0 Å². The lowest BCUT2D eigenvalue weighted by Crippen LogP contribution is -3.05. The van der Waals surface area contributed by atoms with E-state index in [1.54, 1.807) is 11.3 Å². The van der Waals surface area contributed by atoms with Crippen molar-refractivity contribution < 1.29 is 9.69 Å². The molecule has 0 unspecified atom stereocenters. The predicted molar refractivity (Wildman–Crippen MR) is 84.6 cm³/mol. The molecule has 0 aliphatic carbocycles. The fraction of sp³-hybridized carbons (Fsp3) is 0.467. The number of anilines is 1. The normalized spacial score (nSPS) is 11.2. The zero-order valence-corrected chi connectivity index (χ0v) is 13.2. The number of aromatic nitrogens is 1. The molecule has 108 valence electrons. The summed E-state index contributed by atoms with van der Waals surface area (Å²) in [6.07, 6.45) is 1.51. The van der Waals surface area contributed by atoms with Crippen molar-refractivity contribution in [3.63, 3.8) is 0 Å². The summed E-state index contributed by atoms with van der Waals surface area (Å²) >= 11 is 1.60. The van der Waals surface area contributed by atoms with Gasteiger partial charge in [0.05, 0.1) is 30.9 Å². The summed E-state index contributed by atoms with van der Waals surface area (Å²) in [5, 5.41) is 0.826. The van der Waals surface area contributed by atoms with Crippen LogP contribution in [0.15, 0.2) is 24.3 Å². The highest BCUT2D eigenvalue weighted by Gasteiger charge is 2.18. The maximum atomic E-state index is 12.2. The van der Waals surface area contributed by atoms with E-state index in [-0.39, 0.29) is 5.91 Å². The lowest BCUT2D eigenvalue weighted by Gasteiger charge is -2.19. The molecule has 1 aromatic heterocycles. The molecule has 0 saturated carbocycles. The zero-order chi connectivity index (χ0) is 14.5. The maximum Gasteiger partial charge on any atom is 0.228 e. The Labute approximate surface area is 124 Å². The molecule has 0 aliphatic heterocycles. The van der Waals surface area contributed by atoms with Crippen LogP contribution in [-0.2, 0) is 4.79 Å². The van der Waals surface area contributed by atoms with Crippen LogP contribution in [0.25, 0.3) is 10.2 Å². The van der Waals surface area contributed by atoms with Gasteiger partial charge in [-0.25, -0.2) is 4.98 Å². The van der Waals surface area contributed by atoms with Gasteiger partial charge in [0.1, 0.15) is 0 Å². The summed E-state index contributed by atoms with van der Waals surface area (Å²) in [6.45, 7) is 3.70. The zero-order valence-electron chi connectivity index (χ0n) is 12.3. The smallest absolute Gasteiger partial charge is 0.228 e. The van der Waals surface area contributed by atoms with Gasteiger partial charge in [0.2, 0.25) is 5.91 Å². The van der Waals surface area contributed by atoms with Gasteiger partial charge in [-0.2, -0.15) is 0 Å². The van der Waals surface area contributed by atoms with Crippen LogP contribution in [0.1, 0.15) is 19.8 Å². The van der Waals surface area contributed by atoms with Crippen molar-refractivity contribution in [3.8, 4) is 0 Å². The van der Waals surface area contributed by atoms with E-state index in [9.17, 15) is 4.79 Å². The number of nitrogens with one attached hydrogen (secondary N) is 1. The Kier molecular flexibility index (Phi) is 5.09.